The van der Waals surface area contributed by atoms with Crippen LogP contribution in [0.4, 0.5) is 5.69 Å². The van der Waals surface area contributed by atoms with E-state index in [-0.39, 0.29) is 36.8 Å². The molecule has 0 saturated carbocycles. The topological polar surface area (TPSA) is 126 Å². The molecule has 10 nitrogen and oxygen atoms in total. The van der Waals surface area contributed by atoms with E-state index < -0.39 is 21.9 Å². The standard InChI is InChI=1S/C32H38N2O8S/c1-4-19-34(26-11-8-12-28(22-26)42-43(38,39)33(2)3)30-29(36)23-32(41-31(30)37,18-17-24-9-6-5-7-10-24)25-13-15-27(16-14-25)40-21-20-35/h5-16,22,35-36H,4,17-21,23H2,1-3H3. The Morgan fingerprint density at radius 3 is 2.33 bits per heavy atom. The third-order valence-electron chi connectivity index (χ3n) is 7.10. The normalized spacial score (nSPS) is 17.1. The number of nitrogens with zero attached hydrogens (tertiary/aromatic N) is 2. The second-order valence-electron chi connectivity index (χ2n) is 10.4. The molecular formula is C32H38N2O8S. The van der Waals surface area contributed by atoms with E-state index >= 15 is 0 Å². The van der Waals surface area contributed by atoms with Crippen LogP contribution in [0.5, 0.6) is 11.5 Å². The van der Waals surface area contributed by atoms with E-state index in [1.165, 1.54) is 26.2 Å². The lowest BCUT2D eigenvalue weighted by molar-refractivity contribution is -0.161. The molecule has 1 aliphatic rings. The maximum Gasteiger partial charge on any atom is 0.384 e. The van der Waals surface area contributed by atoms with Crippen molar-refractivity contribution in [2.24, 2.45) is 0 Å². The summed E-state index contributed by atoms with van der Waals surface area (Å²) in [7, 11) is -1.27. The Labute approximate surface area is 253 Å². The Balaban J connectivity index is 1.71. The molecule has 1 aliphatic heterocycles. The van der Waals surface area contributed by atoms with E-state index in [9.17, 15) is 18.3 Å². The predicted molar refractivity (Wildman–Crippen MR) is 163 cm³/mol. The molecule has 11 heteroatoms. The quantitative estimate of drug-likeness (QED) is 0.250. The second kappa shape index (κ2) is 13.9. The van der Waals surface area contributed by atoms with Gasteiger partial charge in [-0.3, -0.25) is 0 Å². The van der Waals surface area contributed by atoms with Gasteiger partial charge in [0.25, 0.3) is 0 Å². The molecular weight excluding hydrogens is 572 g/mol. The molecule has 0 fully saturated rings. The number of anilines is 1. The van der Waals surface area contributed by atoms with Gasteiger partial charge < -0.3 is 28.8 Å². The van der Waals surface area contributed by atoms with Crippen molar-refractivity contribution in [2.45, 2.75) is 38.2 Å². The van der Waals surface area contributed by atoms with Gasteiger partial charge in [0.2, 0.25) is 0 Å². The number of aliphatic hydroxyl groups excluding tert-OH is 2. The lowest BCUT2D eigenvalue weighted by Gasteiger charge is -2.40. The summed E-state index contributed by atoms with van der Waals surface area (Å²) in [5, 5.41) is 20.6. The Morgan fingerprint density at radius 2 is 1.70 bits per heavy atom. The van der Waals surface area contributed by atoms with Crippen LogP contribution in [0.15, 0.2) is 90.3 Å². The number of hydrogen-bond acceptors (Lipinski definition) is 9. The maximum absolute atomic E-state index is 13.8. The summed E-state index contributed by atoms with van der Waals surface area (Å²) in [6.07, 6.45) is 1.66. The predicted octanol–water partition coefficient (Wildman–Crippen LogP) is 4.70. The summed E-state index contributed by atoms with van der Waals surface area (Å²) in [6, 6.07) is 23.3. The molecule has 0 aromatic heterocycles. The van der Waals surface area contributed by atoms with Crippen molar-refractivity contribution in [1.82, 2.24) is 4.31 Å². The number of carbonyl (C=O) groups is 1. The highest BCUT2D eigenvalue weighted by atomic mass is 32.2. The fraction of sp³-hybridized carbons (Fsp3) is 0.344. The molecule has 230 valence electrons. The van der Waals surface area contributed by atoms with Crippen molar-refractivity contribution in [2.75, 3.05) is 38.8 Å². The average molecular weight is 611 g/mol. The number of cyclic esters (lactones) is 1. The van der Waals surface area contributed by atoms with Gasteiger partial charge in [-0.15, -0.1) is 0 Å². The number of esters is 1. The molecule has 0 spiro atoms. The zero-order valence-corrected chi connectivity index (χ0v) is 25.4. The van der Waals surface area contributed by atoms with Crippen molar-refractivity contribution >= 4 is 22.0 Å². The number of aliphatic hydroxyl groups is 2. The highest BCUT2D eigenvalue weighted by Gasteiger charge is 2.45. The molecule has 4 rings (SSSR count). The van der Waals surface area contributed by atoms with E-state index in [0.717, 1.165) is 9.87 Å². The van der Waals surface area contributed by atoms with E-state index in [2.05, 4.69) is 0 Å². The summed E-state index contributed by atoms with van der Waals surface area (Å²) in [5.41, 5.74) is 1.07. The Bertz CT molecular complexity index is 1520. The van der Waals surface area contributed by atoms with Gasteiger partial charge in [0.15, 0.2) is 5.70 Å². The summed E-state index contributed by atoms with van der Waals surface area (Å²) in [5.74, 6) is -0.202. The van der Waals surface area contributed by atoms with E-state index in [1.54, 1.807) is 41.3 Å². The van der Waals surface area contributed by atoms with Crippen molar-refractivity contribution in [3.63, 3.8) is 0 Å². The largest absolute Gasteiger partial charge is 0.510 e. The Hall–Kier alpha value is -4.06. The van der Waals surface area contributed by atoms with Crippen LogP contribution in [-0.4, -0.2) is 62.8 Å². The summed E-state index contributed by atoms with van der Waals surface area (Å²) in [4.78, 5) is 15.5. The molecule has 0 amide bonds. The maximum atomic E-state index is 13.8. The fourth-order valence-corrected chi connectivity index (χ4v) is 5.44. The zero-order chi connectivity index (χ0) is 31.0. The van der Waals surface area contributed by atoms with Crippen LogP contribution >= 0.6 is 0 Å². The van der Waals surface area contributed by atoms with Crippen LogP contribution < -0.4 is 13.8 Å². The minimum atomic E-state index is -4.00. The molecule has 0 aliphatic carbocycles. The molecule has 43 heavy (non-hydrogen) atoms. The highest BCUT2D eigenvalue weighted by Crippen LogP contribution is 2.43. The molecule has 0 radical (unpaired) electrons. The van der Waals surface area contributed by atoms with Gasteiger partial charge in [0, 0.05) is 32.4 Å². The third-order valence-corrected chi connectivity index (χ3v) is 8.40. The number of aryl methyl sites for hydroxylation is 1. The summed E-state index contributed by atoms with van der Waals surface area (Å²) < 4.78 is 42.6. The number of rotatable bonds is 14. The number of ether oxygens (including phenoxy) is 2. The molecule has 0 bridgehead atoms. The number of benzene rings is 3. The van der Waals surface area contributed by atoms with Gasteiger partial charge in [0.1, 0.15) is 29.5 Å². The summed E-state index contributed by atoms with van der Waals surface area (Å²) >= 11 is 0. The van der Waals surface area contributed by atoms with E-state index in [0.29, 0.717) is 42.8 Å². The molecule has 3 aromatic rings. The van der Waals surface area contributed by atoms with Gasteiger partial charge in [-0.2, -0.15) is 12.7 Å². The van der Waals surface area contributed by atoms with Gasteiger partial charge in [-0.25, -0.2) is 4.79 Å². The van der Waals surface area contributed by atoms with Gasteiger partial charge >= 0.3 is 16.3 Å². The highest BCUT2D eigenvalue weighted by molar-refractivity contribution is 7.84. The number of carbonyl (C=O) groups excluding carboxylic acids is 1. The first-order valence-corrected chi connectivity index (χ1v) is 15.5. The molecule has 2 N–H and O–H groups in total. The molecule has 0 saturated heterocycles. The van der Waals surface area contributed by atoms with Crippen molar-refractivity contribution in [1.29, 1.82) is 0 Å². The Morgan fingerprint density at radius 1 is 0.977 bits per heavy atom. The van der Waals surface area contributed by atoms with Crippen molar-refractivity contribution < 1.29 is 37.1 Å². The van der Waals surface area contributed by atoms with Crippen molar-refractivity contribution in [3.8, 4) is 11.5 Å². The van der Waals surface area contributed by atoms with Gasteiger partial charge in [-0.05, 0) is 54.7 Å². The SMILES string of the molecule is CCCN(C1=C(O)CC(CCc2ccccc2)(c2ccc(OCCO)cc2)OC1=O)c1cccc(OS(=O)(=O)N(C)C)c1. The second-order valence-corrected chi connectivity index (χ2v) is 12.2. The first-order valence-electron chi connectivity index (χ1n) is 14.1. The minimum absolute atomic E-state index is 0.00676. The monoisotopic (exact) mass is 610 g/mol. The summed E-state index contributed by atoms with van der Waals surface area (Å²) in [6.45, 7) is 2.32. The van der Waals surface area contributed by atoms with Gasteiger partial charge in [0.05, 0.1) is 13.0 Å². The molecule has 1 unspecified atom stereocenters. The van der Waals surface area contributed by atoms with E-state index in [1.807, 2.05) is 37.3 Å². The van der Waals surface area contributed by atoms with Crippen LogP contribution in [0, 0.1) is 0 Å². The minimum Gasteiger partial charge on any atom is -0.510 e. The van der Waals surface area contributed by atoms with Gasteiger partial charge in [-0.1, -0.05) is 55.5 Å². The smallest absolute Gasteiger partial charge is 0.384 e. The molecule has 1 heterocycles. The lowest BCUT2D eigenvalue weighted by atomic mass is 9.82. The first kappa shape index (κ1) is 31.9. The van der Waals surface area contributed by atoms with Crippen LogP contribution in [0.1, 0.15) is 37.3 Å². The van der Waals surface area contributed by atoms with E-state index in [4.69, 9.17) is 18.8 Å². The number of hydrogen-bond donors (Lipinski definition) is 2. The van der Waals surface area contributed by atoms with Crippen LogP contribution in [-0.2, 0) is 31.9 Å². The average Bonchev–Trinajstić information content (AvgIpc) is 2.99. The zero-order valence-electron chi connectivity index (χ0n) is 24.6. The van der Waals surface area contributed by atoms with Crippen LogP contribution in [0.25, 0.3) is 0 Å². The van der Waals surface area contributed by atoms with Crippen LogP contribution in [0.2, 0.25) is 0 Å². The third kappa shape index (κ3) is 7.67. The van der Waals surface area contributed by atoms with Crippen molar-refractivity contribution in [3.05, 3.63) is 101 Å². The fourth-order valence-electron chi connectivity index (χ4n) is 4.95. The molecule has 1 atom stereocenters. The Kier molecular flexibility index (Phi) is 10.3. The lowest BCUT2D eigenvalue weighted by Crippen LogP contribution is -2.43. The molecule has 3 aromatic carbocycles. The first-order chi connectivity index (χ1) is 20.6. The van der Waals surface area contributed by atoms with Crippen LogP contribution in [0.3, 0.4) is 0 Å².